The Morgan fingerprint density at radius 1 is 1.61 bits per heavy atom. The first kappa shape index (κ1) is 16.6. The van der Waals surface area contributed by atoms with E-state index in [4.69, 9.17) is 5.73 Å². The lowest BCUT2D eigenvalue weighted by Gasteiger charge is -2.24. The second kappa shape index (κ2) is 7.02. The van der Waals surface area contributed by atoms with Crippen molar-refractivity contribution in [2.75, 3.05) is 17.3 Å². The zero-order valence-corrected chi connectivity index (χ0v) is 13.9. The number of aryl methyl sites for hydroxylation is 1. The quantitative estimate of drug-likeness (QED) is 0.823. The minimum absolute atomic E-state index is 0.306. The average molecular weight is 331 g/mol. The number of nitrogens with two attached hydrogens (primary N) is 1. The Morgan fingerprint density at radius 2 is 2.35 bits per heavy atom. The summed E-state index contributed by atoms with van der Waals surface area (Å²) in [6, 6.07) is 3.39. The third-order valence-corrected chi connectivity index (χ3v) is 4.06. The van der Waals surface area contributed by atoms with Crippen molar-refractivity contribution < 1.29 is 4.79 Å². The van der Waals surface area contributed by atoms with Crippen LogP contribution >= 0.6 is 11.5 Å². The molecule has 2 aromatic rings. The second-order valence-electron chi connectivity index (χ2n) is 4.94. The third-order valence-electron chi connectivity index (χ3n) is 3.26. The number of rotatable bonds is 6. The summed E-state index contributed by atoms with van der Waals surface area (Å²) in [6.07, 6.45) is 1.95. The maximum absolute atomic E-state index is 11.5. The Bertz CT molecular complexity index is 752. The van der Waals surface area contributed by atoms with Crippen LogP contribution in [-0.4, -0.2) is 33.3 Å². The van der Waals surface area contributed by atoms with E-state index < -0.39 is 11.9 Å². The molecule has 0 aliphatic rings. The van der Waals surface area contributed by atoms with E-state index in [2.05, 4.69) is 19.7 Å². The predicted molar refractivity (Wildman–Crippen MR) is 88.6 cm³/mol. The summed E-state index contributed by atoms with van der Waals surface area (Å²) in [7, 11) is 1.70. The normalized spacial score (nSPS) is 11.6. The Labute approximate surface area is 138 Å². The van der Waals surface area contributed by atoms with Gasteiger partial charge in [-0.05, 0) is 30.9 Å². The maximum atomic E-state index is 11.5. The third kappa shape index (κ3) is 3.73. The van der Waals surface area contributed by atoms with Crippen molar-refractivity contribution in [1.82, 2.24) is 14.3 Å². The molecule has 0 aliphatic heterocycles. The van der Waals surface area contributed by atoms with Crippen LogP contribution in [0, 0.1) is 18.3 Å². The molecule has 0 radical (unpaired) electrons. The number of anilines is 3. The highest BCUT2D eigenvalue weighted by atomic mass is 32.1. The fourth-order valence-electron chi connectivity index (χ4n) is 2.06. The number of amides is 1. The summed E-state index contributed by atoms with van der Waals surface area (Å²) in [4.78, 5) is 21.6. The highest BCUT2D eigenvalue weighted by molar-refractivity contribution is 7.10. The summed E-state index contributed by atoms with van der Waals surface area (Å²) >= 11 is 1.27. The van der Waals surface area contributed by atoms with E-state index >= 15 is 0 Å². The average Bonchev–Trinajstić information content (AvgIpc) is 2.92. The molecule has 2 aromatic heterocycles. The topological polar surface area (TPSA) is 121 Å². The number of nitrogens with zero attached hydrogens (tertiary/aromatic N) is 5. The van der Waals surface area contributed by atoms with E-state index in [-0.39, 0.29) is 0 Å². The lowest BCUT2D eigenvalue weighted by molar-refractivity contribution is -0.119. The van der Waals surface area contributed by atoms with Crippen molar-refractivity contribution in [2.24, 2.45) is 5.73 Å². The molecule has 1 amide bonds. The molecular formula is C14H17N7OS. The van der Waals surface area contributed by atoms with Gasteiger partial charge in [0.1, 0.15) is 22.7 Å². The van der Waals surface area contributed by atoms with Crippen molar-refractivity contribution in [3.63, 3.8) is 0 Å². The molecule has 0 fully saturated rings. The molecule has 8 nitrogen and oxygen atoms in total. The molecule has 2 rings (SSSR count). The molecule has 120 valence electrons. The smallest absolute Gasteiger partial charge is 0.240 e. The molecule has 23 heavy (non-hydrogen) atoms. The van der Waals surface area contributed by atoms with E-state index in [1.807, 2.05) is 26.0 Å². The van der Waals surface area contributed by atoms with Crippen molar-refractivity contribution >= 4 is 34.2 Å². The predicted octanol–water partition coefficient (Wildman–Crippen LogP) is 1.56. The van der Waals surface area contributed by atoms with Crippen molar-refractivity contribution in [3.05, 3.63) is 23.5 Å². The Balaban J connectivity index is 2.35. The van der Waals surface area contributed by atoms with Gasteiger partial charge in [0.05, 0.1) is 11.9 Å². The zero-order chi connectivity index (χ0) is 17.0. The fraction of sp³-hybridized carbons (Fsp3) is 0.357. The number of hydrogen-bond acceptors (Lipinski definition) is 8. The molecule has 0 saturated heterocycles. The molecule has 0 bridgehead atoms. The monoisotopic (exact) mass is 331 g/mol. The molecule has 0 spiro atoms. The van der Waals surface area contributed by atoms with Gasteiger partial charge in [0.25, 0.3) is 0 Å². The van der Waals surface area contributed by atoms with Crippen molar-refractivity contribution in [1.29, 1.82) is 5.26 Å². The van der Waals surface area contributed by atoms with E-state index in [9.17, 15) is 10.1 Å². The lowest BCUT2D eigenvalue weighted by Crippen LogP contribution is -2.43. The summed E-state index contributed by atoms with van der Waals surface area (Å²) in [6.45, 7) is 3.74. The van der Waals surface area contributed by atoms with Gasteiger partial charge in [-0.15, -0.1) is 0 Å². The van der Waals surface area contributed by atoms with Crippen molar-refractivity contribution in [2.45, 2.75) is 26.3 Å². The number of carbonyl (C=O) groups excluding carboxylic acids is 1. The van der Waals surface area contributed by atoms with Crippen LogP contribution < -0.4 is 16.0 Å². The molecule has 9 heteroatoms. The molecule has 3 N–H and O–H groups in total. The Morgan fingerprint density at radius 3 is 2.87 bits per heavy atom. The van der Waals surface area contributed by atoms with Gasteiger partial charge in [0, 0.05) is 7.05 Å². The first-order chi connectivity index (χ1) is 11.0. The van der Waals surface area contributed by atoms with Gasteiger partial charge in [0.2, 0.25) is 11.9 Å². The summed E-state index contributed by atoms with van der Waals surface area (Å²) in [5, 5.41) is 13.0. The maximum Gasteiger partial charge on any atom is 0.240 e. The SMILES string of the molecule is CCC(C(N)=O)N(C)c1ncc(C#N)c(Nc2cc(C)ns2)n1. The molecule has 1 unspecified atom stereocenters. The van der Waals surface area contributed by atoms with Crippen LogP contribution in [0.25, 0.3) is 0 Å². The van der Waals surface area contributed by atoms with Crippen LogP contribution in [-0.2, 0) is 4.79 Å². The summed E-state index contributed by atoms with van der Waals surface area (Å²) < 4.78 is 4.17. The minimum atomic E-state index is -0.513. The van der Waals surface area contributed by atoms with Gasteiger partial charge in [-0.1, -0.05) is 6.92 Å². The Kier molecular flexibility index (Phi) is 5.08. The van der Waals surface area contributed by atoms with Gasteiger partial charge >= 0.3 is 0 Å². The van der Waals surface area contributed by atoms with E-state index in [0.717, 1.165) is 10.7 Å². The van der Waals surface area contributed by atoms with Gasteiger partial charge in [0.15, 0.2) is 5.82 Å². The van der Waals surface area contributed by atoms with Gasteiger partial charge in [-0.2, -0.15) is 14.6 Å². The minimum Gasteiger partial charge on any atom is -0.368 e. The molecule has 0 saturated carbocycles. The Hall–Kier alpha value is -2.73. The lowest BCUT2D eigenvalue weighted by atomic mass is 10.2. The van der Waals surface area contributed by atoms with Crippen LogP contribution in [0.1, 0.15) is 24.6 Å². The first-order valence-corrected chi connectivity index (χ1v) is 7.73. The largest absolute Gasteiger partial charge is 0.368 e. The summed E-state index contributed by atoms with van der Waals surface area (Å²) in [5.74, 6) is 0.237. The number of carbonyl (C=O) groups is 1. The number of likely N-dealkylation sites (N-methyl/N-ethyl adjacent to an activating group) is 1. The molecule has 0 aliphatic carbocycles. The number of primary amides is 1. The van der Waals surface area contributed by atoms with E-state index in [0.29, 0.717) is 23.8 Å². The van der Waals surface area contributed by atoms with Crippen LogP contribution in [0.2, 0.25) is 0 Å². The second-order valence-corrected chi connectivity index (χ2v) is 5.74. The number of hydrogen-bond donors (Lipinski definition) is 2. The fourth-order valence-corrected chi connectivity index (χ4v) is 2.72. The summed E-state index contributed by atoms with van der Waals surface area (Å²) in [5.41, 5.74) is 6.58. The molecular weight excluding hydrogens is 314 g/mol. The first-order valence-electron chi connectivity index (χ1n) is 6.95. The molecule has 1 atom stereocenters. The standard InChI is InChI=1S/C14H17N7OS/c1-4-10(12(16)22)21(3)14-17-7-9(6-15)13(19-14)18-11-5-8(2)20-23-11/h5,7,10H,4H2,1-3H3,(H2,16,22)(H,17,18,19). The van der Waals surface area contributed by atoms with Crippen LogP contribution in [0.5, 0.6) is 0 Å². The molecule has 2 heterocycles. The number of nitrogens with one attached hydrogen (secondary N) is 1. The zero-order valence-electron chi connectivity index (χ0n) is 13.1. The highest BCUT2D eigenvalue weighted by Crippen LogP contribution is 2.24. The van der Waals surface area contributed by atoms with Crippen LogP contribution in [0.15, 0.2) is 12.3 Å². The number of nitriles is 1. The molecule has 0 aromatic carbocycles. The van der Waals surface area contributed by atoms with Crippen LogP contribution in [0.3, 0.4) is 0 Å². The number of aromatic nitrogens is 3. The van der Waals surface area contributed by atoms with Gasteiger partial charge < -0.3 is 16.0 Å². The van der Waals surface area contributed by atoms with Gasteiger partial charge in [-0.3, -0.25) is 4.79 Å². The van der Waals surface area contributed by atoms with Crippen LogP contribution in [0.4, 0.5) is 16.8 Å². The highest BCUT2D eigenvalue weighted by Gasteiger charge is 2.22. The van der Waals surface area contributed by atoms with Crippen molar-refractivity contribution in [3.8, 4) is 6.07 Å². The van der Waals surface area contributed by atoms with E-state index in [1.54, 1.807) is 11.9 Å². The van der Waals surface area contributed by atoms with E-state index in [1.165, 1.54) is 17.7 Å². The van der Waals surface area contributed by atoms with Gasteiger partial charge in [-0.25, -0.2) is 4.98 Å².